The molecule has 1 heterocycles. The molecule has 0 saturated carbocycles. The third kappa shape index (κ3) is 2.76. The Balaban J connectivity index is 2.24. The van der Waals surface area contributed by atoms with Gasteiger partial charge in [-0.15, -0.1) is 0 Å². The highest BCUT2D eigenvalue weighted by Gasteiger charge is 2.12. The zero-order valence-electron chi connectivity index (χ0n) is 8.27. The van der Waals surface area contributed by atoms with Crippen molar-refractivity contribution in [2.45, 2.75) is 6.92 Å². The quantitative estimate of drug-likeness (QED) is 0.570. The number of carbonyl (C=O) groups excluding carboxylic acids is 1. The van der Waals surface area contributed by atoms with E-state index >= 15 is 0 Å². The van der Waals surface area contributed by atoms with E-state index in [2.05, 4.69) is 18.2 Å². The van der Waals surface area contributed by atoms with Crippen LogP contribution in [0.2, 0.25) is 0 Å². The third-order valence-corrected chi connectivity index (χ3v) is 4.32. The summed E-state index contributed by atoms with van der Waals surface area (Å²) in [5.41, 5.74) is 1.21. The van der Waals surface area contributed by atoms with Gasteiger partial charge < -0.3 is 0 Å². The van der Waals surface area contributed by atoms with Gasteiger partial charge in [0.25, 0.3) is 0 Å². The summed E-state index contributed by atoms with van der Waals surface area (Å²) in [7, 11) is 3.34. The first-order valence-corrected chi connectivity index (χ1v) is 6.74. The first kappa shape index (κ1) is 10.6. The summed E-state index contributed by atoms with van der Waals surface area (Å²) in [5.74, 6) is 0.101. The Hall–Kier alpha value is -0.930. The van der Waals surface area contributed by atoms with Crippen LogP contribution in [0.15, 0.2) is 47.4 Å². The maximum Gasteiger partial charge on any atom is 0.153 e. The Bertz CT molecular complexity index is 432. The first-order chi connectivity index (χ1) is 7.25. The molecule has 0 bridgehead atoms. The van der Waals surface area contributed by atoms with Crippen LogP contribution >= 0.6 is 21.6 Å². The lowest BCUT2D eigenvalue weighted by molar-refractivity contribution is -0.112. The van der Waals surface area contributed by atoms with Gasteiger partial charge in [-0.25, -0.2) is 0 Å². The fourth-order valence-corrected chi connectivity index (χ4v) is 3.60. The van der Waals surface area contributed by atoms with E-state index in [0.29, 0.717) is 0 Å². The van der Waals surface area contributed by atoms with Crippen LogP contribution in [0.4, 0.5) is 0 Å². The minimum Gasteiger partial charge on any atom is -0.295 e. The van der Waals surface area contributed by atoms with Crippen LogP contribution in [0.5, 0.6) is 0 Å². The molecule has 0 spiro atoms. The van der Waals surface area contributed by atoms with Gasteiger partial charge in [0.05, 0.1) is 0 Å². The second kappa shape index (κ2) is 4.73. The lowest BCUT2D eigenvalue weighted by Crippen LogP contribution is -1.81. The maximum absolute atomic E-state index is 10.9. The van der Waals surface area contributed by atoms with Gasteiger partial charge in [-0.3, -0.25) is 4.79 Å². The number of ketones is 1. The molecule has 1 aliphatic rings. The van der Waals surface area contributed by atoms with Crippen LogP contribution in [0.3, 0.4) is 0 Å². The molecule has 2 rings (SSSR count). The summed E-state index contributed by atoms with van der Waals surface area (Å²) in [5, 5.41) is 0. The molecular weight excluding hydrogens is 224 g/mol. The van der Waals surface area contributed by atoms with Gasteiger partial charge >= 0.3 is 0 Å². The zero-order chi connectivity index (χ0) is 10.7. The van der Waals surface area contributed by atoms with Crippen molar-refractivity contribution < 1.29 is 4.79 Å². The highest BCUT2D eigenvalue weighted by molar-refractivity contribution is 8.82. The standard InChI is InChI=1S/C12H10OS2/c1-9(13)7-11-8-12(15-14-11)10-5-3-2-4-6-10/h2-8H,1H3. The Kier molecular flexibility index (Phi) is 3.34. The largest absolute Gasteiger partial charge is 0.295 e. The highest BCUT2D eigenvalue weighted by Crippen LogP contribution is 2.49. The predicted molar refractivity (Wildman–Crippen MR) is 68.4 cm³/mol. The lowest BCUT2D eigenvalue weighted by atomic mass is 10.2. The van der Waals surface area contributed by atoms with Crippen molar-refractivity contribution >= 4 is 32.3 Å². The van der Waals surface area contributed by atoms with E-state index in [1.807, 2.05) is 18.2 Å². The van der Waals surface area contributed by atoms with Crippen LogP contribution in [-0.4, -0.2) is 5.78 Å². The summed E-state index contributed by atoms with van der Waals surface area (Å²) in [6.07, 6.45) is 3.74. The monoisotopic (exact) mass is 234 g/mol. The minimum atomic E-state index is 0.101. The molecule has 1 aromatic carbocycles. The van der Waals surface area contributed by atoms with Crippen molar-refractivity contribution in [3.05, 3.63) is 53.0 Å². The maximum atomic E-state index is 10.9. The van der Waals surface area contributed by atoms with Crippen molar-refractivity contribution in [3.63, 3.8) is 0 Å². The number of hydrogen-bond acceptors (Lipinski definition) is 3. The molecule has 0 atom stereocenters. The fraction of sp³-hybridized carbons (Fsp3) is 0.0833. The molecule has 3 heteroatoms. The number of hydrogen-bond donors (Lipinski definition) is 0. The summed E-state index contributed by atoms with van der Waals surface area (Å²) < 4.78 is 0. The molecule has 0 fully saturated rings. The molecular formula is C12H10OS2. The van der Waals surface area contributed by atoms with Gasteiger partial charge in [0.1, 0.15) is 0 Å². The van der Waals surface area contributed by atoms with Crippen molar-refractivity contribution in [2.75, 3.05) is 0 Å². The molecule has 15 heavy (non-hydrogen) atoms. The highest BCUT2D eigenvalue weighted by atomic mass is 33.1. The number of carbonyl (C=O) groups is 1. The van der Waals surface area contributed by atoms with Crippen LogP contribution in [0.25, 0.3) is 4.91 Å². The summed E-state index contributed by atoms with van der Waals surface area (Å²) in [6, 6.07) is 10.2. The van der Waals surface area contributed by atoms with E-state index < -0.39 is 0 Å². The van der Waals surface area contributed by atoms with Crippen LogP contribution in [0, 0.1) is 0 Å². The molecule has 1 nitrogen and oxygen atoms in total. The van der Waals surface area contributed by atoms with Crippen LogP contribution in [0.1, 0.15) is 12.5 Å². The van der Waals surface area contributed by atoms with Gasteiger partial charge in [-0.1, -0.05) is 51.9 Å². The molecule has 0 amide bonds. The van der Waals surface area contributed by atoms with Crippen LogP contribution in [-0.2, 0) is 4.79 Å². The molecule has 0 aliphatic carbocycles. The molecule has 0 aromatic heterocycles. The van der Waals surface area contributed by atoms with Gasteiger partial charge in [0, 0.05) is 9.81 Å². The molecule has 0 N–H and O–H groups in total. The summed E-state index contributed by atoms with van der Waals surface area (Å²) in [4.78, 5) is 13.2. The molecule has 1 aromatic rings. The first-order valence-electron chi connectivity index (χ1n) is 4.59. The summed E-state index contributed by atoms with van der Waals surface area (Å²) >= 11 is 0. The van der Waals surface area contributed by atoms with Gasteiger partial charge in [-0.2, -0.15) is 0 Å². The van der Waals surface area contributed by atoms with Crippen molar-refractivity contribution in [3.8, 4) is 0 Å². The van der Waals surface area contributed by atoms with E-state index in [9.17, 15) is 4.79 Å². The lowest BCUT2D eigenvalue weighted by Gasteiger charge is -1.97. The fourth-order valence-electron chi connectivity index (χ4n) is 1.27. The molecule has 0 saturated heterocycles. The third-order valence-electron chi connectivity index (χ3n) is 1.90. The SMILES string of the molecule is CC(=O)C=C1C=C(c2ccccc2)SS1. The minimum absolute atomic E-state index is 0.101. The second-order valence-corrected chi connectivity index (χ2v) is 5.44. The second-order valence-electron chi connectivity index (χ2n) is 3.20. The van der Waals surface area contributed by atoms with Gasteiger partial charge in [-0.05, 0) is 24.6 Å². The number of rotatable bonds is 2. The van der Waals surface area contributed by atoms with E-state index in [1.54, 1.807) is 34.6 Å². The van der Waals surface area contributed by atoms with Gasteiger partial charge in [0.2, 0.25) is 0 Å². The Morgan fingerprint density at radius 1 is 1.20 bits per heavy atom. The molecule has 0 radical (unpaired) electrons. The smallest absolute Gasteiger partial charge is 0.153 e. The van der Waals surface area contributed by atoms with Crippen molar-refractivity contribution in [1.82, 2.24) is 0 Å². The molecule has 0 unspecified atom stereocenters. The Morgan fingerprint density at radius 3 is 2.60 bits per heavy atom. The zero-order valence-corrected chi connectivity index (χ0v) is 9.90. The Labute approximate surface area is 97.0 Å². The Morgan fingerprint density at radius 2 is 1.93 bits per heavy atom. The normalized spacial score (nSPS) is 17.9. The summed E-state index contributed by atoms with van der Waals surface area (Å²) in [6.45, 7) is 1.58. The molecule has 1 aliphatic heterocycles. The number of allylic oxidation sites excluding steroid dienone is 2. The van der Waals surface area contributed by atoms with E-state index in [-0.39, 0.29) is 5.78 Å². The number of benzene rings is 1. The van der Waals surface area contributed by atoms with E-state index in [4.69, 9.17) is 0 Å². The van der Waals surface area contributed by atoms with Crippen molar-refractivity contribution in [1.29, 1.82) is 0 Å². The predicted octanol–water partition coefficient (Wildman–Crippen LogP) is 3.90. The van der Waals surface area contributed by atoms with E-state index in [0.717, 1.165) is 4.91 Å². The van der Waals surface area contributed by atoms with Crippen LogP contribution < -0.4 is 0 Å². The van der Waals surface area contributed by atoms with Gasteiger partial charge in [0.15, 0.2) is 5.78 Å². The molecule has 76 valence electrons. The topological polar surface area (TPSA) is 17.1 Å². The average molecular weight is 234 g/mol. The van der Waals surface area contributed by atoms with E-state index in [1.165, 1.54) is 10.5 Å². The van der Waals surface area contributed by atoms with Crippen molar-refractivity contribution in [2.24, 2.45) is 0 Å². The average Bonchev–Trinajstić information content (AvgIpc) is 2.67.